The third-order valence-corrected chi connectivity index (χ3v) is 2.89. The number of pyridine rings is 1. The number of ether oxygens (including phenoxy) is 1. The van der Waals surface area contributed by atoms with Crippen LogP contribution in [0.25, 0.3) is 0 Å². The van der Waals surface area contributed by atoms with Crippen LogP contribution in [0.3, 0.4) is 0 Å². The normalized spacial score (nSPS) is 10.1. The predicted molar refractivity (Wildman–Crippen MR) is 74.7 cm³/mol. The van der Waals surface area contributed by atoms with Crippen LogP contribution in [-0.2, 0) is 0 Å². The Morgan fingerprint density at radius 3 is 2.74 bits per heavy atom. The SMILES string of the molecule is COc1ccc(C)cc1NC(=O)c1cnccc1C. The average molecular weight is 256 g/mol. The lowest BCUT2D eigenvalue weighted by Crippen LogP contribution is -2.14. The van der Waals surface area contributed by atoms with Crippen molar-refractivity contribution in [2.75, 3.05) is 12.4 Å². The van der Waals surface area contributed by atoms with Crippen LogP contribution in [0.15, 0.2) is 36.7 Å². The van der Waals surface area contributed by atoms with E-state index in [1.165, 1.54) is 0 Å². The maximum Gasteiger partial charge on any atom is 0.257 e. The van der Waals surface area contributed by atoms with Crippen LogP contribution in [-0.4, -0.2) is 18.0 Å². The maximum absolute atomic E-state index is 12.2. The molecule has 0 spiro atoms. The van der Waals surface area contributed by atoms with E-state index in [2.05, 4.69) is 10.3 Å². The fraction of sp³-hybridized carbons (Fsp3) is 0.200. The van der Waals surface area contributed by atoms with Crippen molar-refractivity contribution in [1.29, 1.82) is 0 Å². The molecular weight excluding hydrogens is 240 g/mol. The summed E-state index contributed by atoms with van der Waals surface area (Å²) in [5, 5.41) is 2.86. The summed E-state index contributed by atoms with van der Waals surface area (Å²) in [6, 6.07) is 7.45. The van der Waals surface area contributed by atoms with E-state index in [4.69, 9.17) is 4.74 Å². The lowest BCUT2D eigenvalue weighted by atomic mass is 10.1. The van der Waals surface area contributed by atoms with Gasteiger partial charge in [0, 0.05) is 12.4 Å². The first-order valence-corrected chi connectivity index (χ1v) is 5.98. The maximum atomic E-state index is 12.2. The van der Waals surface area contributed by atoms with E-state index in [0.29, 0.717) is 17.0 Å². The van der Waals surface area contributed by atoms with Gasteiger partial charge in [-0.15, -0.1) is 0 Å². The van der Waals surface area contributed by atoms with Crippen LogP contribution in [0.5, 0.6) is 5.75 Å². The molecule has 0 saturated heterocycles. The van der Waals surface area contributed by atoms with E-state index in [1.807, 2.05) is 38.1 Å². The van der Waals surface area contributed by atoms with Gasteiger partial charge in [0.2, 0.25) is 0 Å². The number of carbonyl (C=O) groups excluding carboxylic acids is 1. The highest BCUT2D eigenvalue weighted by Crippen LogP contribution is 2.25. The molecule has 0 bridgehead atoms. The first kappa shape index (κ1) is 13.1. The van der Waals surface area contributed by atoms with Gasteiger partial charge in [-0.2, -0.15) is 0 Å². The molecule has 0 unspecified atom stereocenters. The van der Waals surface area contributed by atoms with Crippen molar-refractivity contribution in [3.05, 3.63) is 53.3 Å². The zero-order valence-electron chi connectivity index (χ0n) is 11.2. The van der Waals surface area contributed by atoms with Crippen LogP contribution in [0.4, 0.5) is 5.69 Å². The second-order valence-electron chi connectivity index (χ2n) is 4.35. The number of nitrogens with zero attached hydrogens (tertiary/aromatic N) is 1. The molecule has 0 radical (unpaired) electrons. The van der Waals surface area contributed by atoms with E-state index in [9.17, 15) is 4.79 Å². The summed E-state index contributed by atoms with van der Waals surface area (Å²) >= 11 is 0. The monoisotopic (exact) mass is 256 g/mol. The molecular formula is C15H16N2O2. The quantitative estimate of drug-likeness (QED) is 0.918. The van der Waals surface area contributed by atoms with Crippen molar-refractivity contribution >= 4 is 11.6 Å². The van der Waals surface area contributed by atoms with Crippen LogP contribution in [0, 0.1) is 13.8 Å². The molecule has 0 aliphatic carbocycles. The number of amides is 1. The number of aryl methyl sites for hydroxylation is 2. The summed E-state index contributed by atoms with van der Waals surface area (Å²) in [5.74, 6) is 0.454. The molecule has 1 aromatic heterocycles. The molecule has 98 valence electrons. The van der Waals surface area contributed by atoms with E-state index in [-0.39, 0.29) is 5.91 Å². The van der Waals surface area contributed by atoms with Gasteiger partial charge in [-0.05, 0) is 43.2 Å². The van der Waals surface area contributed by atoms with Gasteiger partial charge in [0.25, 0.3) is 5.91 Å². The van der Waals surface area contributed by atoms with Crippen molar-refractivity contribution in [3.63, 3.8) is 0 Å². The minimum absolute atomic E-state index is 0.186. The van der Waals surface area contributed by atoms with Crippen molar-refractivity contribution in [3.8, 4) is 5.75 Å². The number of hydrogen-bond acceptors (Lipinski definition) is 3. The second kappa shape index (κ2) is 5.52. The first-order chi connectivity index (χ1) is 9.11. The molecule has 1 amide bonds. The molecule has 0 aliphatic rings. The first-order valence-electron chi connectivity index (χ1n) is 5.98. The zero-order chi connectivity index (χ0) is 13.8. The van der Waals surface area contributed by atoms with E-state index < -0.39 is 0 Å². The lowest BCUT2D eigenvalue weighted by molar-refractivity contribution is 0.102. The summed E-state index contributed by atoms with van der Waals surface area (Å²) in [7, 11) is 1.58. The van der Waals surface area contributed by atoms with Gasteiger partial charge >= 0.3 is 0 Å². The fourth-order valence-electron chi connectivity index (χ4n) is 1.81. The van der Waals surface area contributed by atoms with Crippen molar-refractivity contribution in [2.24, 2.45) is 0 Å². The summed E-state index contributed by atoms with van der Waals surface area (Å²) < 4.78 is 5.24. The number of hydrogen-bond donors (Lipinski definition) is 1. The largest absolute Gasteiger partial charge is 0.495 e. The molecule has 0 atom stereocenters. The second-order valence-corrected chi connectivity index (χ2v) is 4.35. The van der Waals surface area contributed by atoms with Gasteiger partial charge in [0.1, 0.15) is 5.75 Å². The number of anilines is 1. The third kappa shape index (κ3) is 2.91. The Bertz CT molecular complexity index is 609. The Balaban J connectivity index is 2.29. The highest BCUT2D eigenvalue weighted by molar-refractivity contribution is 6.05. The fourth-order valence-corrected chi connectivity index (χ4v) is 1.81. The number of carbonyl (C=O) groups is 1. The number of benzene rings is 1. The molecule has 2 aromatic rings. The van der Waals surface area contributed by atoms with Gasteiger partial charge in [0.05, 0.1) is 18.4 Å². The lowest BCUT2D eigenvalue weighted by Gasteiger charge is -2.11. The van der Waals surface area contributed by atoms with Crippen LogP contribution < -0.4 is 10.1 Å². The summed E-state index contributed by atoms with van der Waals surface area (Å²) in [6.07, 6.45) is 3.23. The van der Waals surface area contributed by atoms with Gasteiger partial charge in [-0.3, -0.25) is 9.78 Å². The Labute approximate surface area is 112 Å². The highest BCUT2D eigenvalue weighted by Gasteiger charge is 2.12. The number of rotatable bonds is 3. The molecule has 1 N–H and O–H groups in total. The molecule has 2 rings (SSSR count). The molecule has 0 saturated carbocycles. The van der Waals surface area contributed by atoms with Gasteiger partial charge in [-0.25, -0.2) is 0 Å². The Morgan fingerprint density at radius 1 is 1.26 bits per heavy atom. The van der Waals surface area contributed by atoms with Gasteiger partial charge in [0.15, 0.2) is 0 Å². The van der Waals surface area contributed by atoms with Crippen molar-refractivity contribution < 1.29 is 9.53 Å². The molecule has 1 heterocycles. The van der Waals surface area contributed by atoms with Crippen LogP contribution in [0.2, 0.25) is 0 Å². The van der Waals surface area contributed by atoms with Crippen LogP contribution >= 0.6 is 0 Å². The smallest absolute Gasteiger partial charge is 0.257 e. The summed E-state index contributed by atoms with van der Waals surface area (Å²) in [6.45, 7) is 3.84. The Morgan fingerprint density at radius 2 is 2.05 bits per heavy atom. The molecule has 0 fully saturated rings. The zero-order valence-corrected chi connectivity index (χ0v) is 11.2. The van der Waals surface area contributed by atoms with Crippen molar-refractivity contribution in [1.82, 2.24) is 4.98 Å². The van der Waals surface area contributed by atoms with Gasteiger partial charge in [-0.1, -0.05) is 6.07 Å². The third-order valence-electron chi connectivity index (χ3n) is 2.89. The minimum atomic E-state index is -0.186. The predicted octanol–water partition coefficient (Wildman–Crippen LogP) is 2.96. The van der Waals surface area contributed by atoms with E-state index in [1.54, 1.807) is 19.5 Å². The Hall–Kier alpha value is -2.36. The van der Waals surface area contributed by atoms with Crippen LogP contribution in [0.1, 0.15) is 21.5 Å². The van der Waals surface area contributed by atoms with Crippen molar-refractivity contribution in [2.45, 2.75) is 13.8 Å². The topological polar surface area (TPSA) is 51.2 Å². The average Bonchev–Trinajstić information content (AvgIpc) is 2.39. The highest BCUT2D eigenvalue weighted by atomic mass is 16.5. The molecule has 4 heteroatoms. The number of nitrogens with one attached hydrogen (secondary N) is 1. The molecule has 1 aromatic carbocycles. The Kier molecular flexibility index (Phi) is 3.80. The number of methoxy groups -OCH3 is 1. The summed E-state index contributed by atoms with van der Waals surface area (Å²) in [4.78, 5) is 16.2. The minimum Gasteiger partial charge on any atom is -0.495 e. The van der Waals surface area contributed by atoms with E-state index in [0.717, 1.165) is 11.1 Å². The van der Waals surface area contributed by atoms with Gasteiger partial charge < -0.3 is 10.1 Å². The van der Waals surface area contributed by atoms with E-state index >= 15 is 0 Å². The standard InChI is InChI=1S/C15H16N2O2/c1-10-4-5-14(19-3)13(8-10)17-15(18)12-9-16-7-6-11(12)2/h4-9H,1-3H3,(H,17,18). The molecule has 19 heavy (non-hydrogen) atoms. The number of aromatic nitrogens is 1. The molecule has 4 nitrogen and oxygen atoms in total. The summed E-state index contributed by atoms with van der Waals surface area (Å²) in [5.41, 5.74) is 3.17. The molecule has 0 aliphatic heterocycles.